The van der Waals surface area contributed by atoms with Gasteiger partial charge in [0.15, 0.2) is 0 Å². The summed E-state index contributed by atoms with van der Waals surface area (Å²) in [5.74, 6) is 2.51. The summed E-state index contributed by atoms with van der Waals surface area (Å²) in [6, 6.07) is 3.98. The van der Waals surface area contributed by atoms with Crippen LogP contribution in [0.15, 0.2) is 16.5 Å². The van der Waals surface area contributed by atoms with Crippen LogP contribution >= 0.6 is 0 Å². The molecule has 0 saturated heterocycles. The normalized spacial score (nSPS) is 20.2. The van der Waals surface area contributed by atoms with Gasteiger partial charge in [-0.1, -0.05) is 19.8 Å². The first-order valence-corrected chi connectivity index (χ1v) is 7.14. The molecule has 1 aromatic rings. The molecule has 1 saturated carbocycles. The fourth-order valence-corrected chi connectivity index (χ4v) is 2.65. The minimum Gasteiger partial charge on any atom is -0.464 e. The van der Waals surface area contributed by atoms with E-state index in [0.717, 1.165) is 24.5 Å². The molecule has 18 heavy (non-hydrogen) atoms. The Morgan fingerprint density at radius 2 is 2.11 bits per heavy atom. The van der Waals surface area contributed by atoms with Crippen molar-refractivity contribution in [2.45, 2.75) is 58.1 Å². The zero-order valence-corrected chi connectivity index (χ0v) is 11.5. The molecule has 0 bridgehead atoms. The molecule has 2 N–H and O–H groups in total. The molecule has 1 heterocycles. The monoisotopic (exact) mass is 251 g/mol. The molecule has 102 valence electrons. The van der Waals surface area contributed by atoms with Crippen LogP contribution in [0.5, 0.6) is 0 Å². The van der Waals surface area contributed by atoms with E-state index in [4.69, 9.17) is 14.9 Å². The van der Waals surface area contributed by atoms with Gasteiger partial charge in [-0.3, -0.25) is 0 Å². The average Bonchev–Trinajstić information content (AvgIpc) is 3.01. The first kappa shape index (κ1) is 13.6. The summed E-state index contributed by atoms with van der Waals surface area (Å²) < 4.78 is 11.7. The molecule has 0 aromatic carbocycles. The molecule has 1 aliphatic carbocycles. The van der Waals surface area contributed by atoms with E-state index in [9.17, 15) is 0 Å². The Hall–Kier alpha value is -0.800. The molecule has 3 heteroatoms. The number of ether oxygens (including phenoxy) is 1. The van der Waals surface area contributed by atoms with Crippen molar-refractivity contribution in [3.05, 3.63) is 23.7 Å². The Morgan fingerprint density at radius 1 is 1.39 bits per heavy atom. The third-order valence-electron chi connectivity index (χ3n) is 3.89. The van der Waals surface area contributed by atoms with Crippen LogP contribution in [0.3, 0.4) is 0 Å². The molecule has 0 aliphatic heterocycles. The Bertz CT molecular complexity index is 355. The fourth-order valence-electron chi connectivity index (χ4n) is 2.65. The van der Waals surface area contributed by atoms with Crippen LogP contribution in [0, 0.1) is 12.8 Å². The molecular weight excluding hydrogens is 226 g/mol. The average molecular weight is 251 g/mol. The summed E-state index contributed by atoms with van der Waals surface area (Å²) in [5.41, 5.74) is 6.16. The summed E-state index contributed by atoms with van der Waals surface area (Å²) >= 11 is 0. The lowest BCUT2D eigenvalue weighted by Crippen LogP contribution is -2.30. The molecule has 0 amide bonds. The van der Waals surface area contributed by atoms with Crippen molar-refractivity contribution in [2.24, 2.45) is 11.7 Å². The van der Waals surface area contributed by atoms with Gasteiger partial charge in [-0.05, 0) is 44.2 Å². The van der Waals surface area contributed by atoms with Gasteiger partial charge < -0.3 is 14.9 Å². The maximum Gasteiger partial charge on any atom is 0.134 e. The summed E-state index contributed by atoms with van der Waals surface area (Å²) in [6.45, 7) is 4.86. The predicted molar refractivity (Wildman–Crippen MR) is 72.4 cm³/mol. The second kappa shape index (κ2) is 6.39. The summed E-state index contributed by atoms with van der Waals surface area (Å²) in [5, 5.41) is 0. The lowest BCUT2D eigenvalue weighted by atomic mass is 10.1. The van der Waals surface area contributed by atoms with Crippen molar-refractivity contribution >= 4 is 0 Å². The highest BCUT2D eigenvalue weighted by molar-refractivity contribution is 5.10. The van der Waals surface area contributed by atoms with E-state index in [1.54, 1.807) is 0 Å². The van der Waals surface area contributed by atoms with Gasteiger partial charge in [-0.15, -0.1) is 0 Å². The van der Waals surface area contributed by atoms with Crippen LogP contribution in [0.2, 0.25) is 0 Å². The maximum absolute atomic E-state index is 6.16. The molecule has 2 atom stereocenters. The van der Waals surface area contributed by atoms with Crippen molar-refractivity contribution < 1.29 is 9.15 Å². The Labute approximate surface area is 110 Å². The standard InChI is InChI=1S/C15H25NO2/c1-3-13(16)15(14-9-8-11(2)18-14)17-10-12-6-4-5-7-12/h8-9,12-13,15H,3-7,10,16H2,1-2H3. The molecule has 0 spiro atoms. The number of hydrogen-bond donors (Lipinski definition) is 1. The number of rotatable bonds is 6. The lowest BCUT2D eigenvalue weighted by molar-refractivity contribution is -0.000207. The zero-order chi connectivity index (χ0) is 13.0. The highest BCUT2D eigenvalue weighted by atomic mass is 16.5. The second-order valence-corrected chi connectivity index (χ2v) is 5.42. The topological polar surface area (TPSA) is 48.4 Å². The van der Waals surface area contributed by atoms with Gasteiger partial charge in [0.05, 0.1) is 6.61 Å². The van der Waals surface area contributed by atoms with Crippen LogP contribution in [0.25, 0.3) is 0 Å². The largest absolute Gasteiger partial charge is 0.464 e. The van der Waals surface area contributed by atoms with Crippen molar-refractivity contribution in [3.8, 4) is 0 Å². The molecule has 1 aliphatic rings. The van der Waals surface area contributed by atoms with E-state index in [2.05, 4.69) is 6.92 Å². The Morgan fingerprint density at radius 3 is 2.67 bits per heavy atom. The van der Waals surface area contributed by atoms with E-state index >= 15 is 0 Å². The summed E-state index contributed by atoms with van der Waals surface area (Å²) in [4.78, 5) is 0. The van der Waals surface area contributed by atoms with Gasteiger partial charge in [0.1, 0.15) is 17.6 Å². The van der Waals surface area contributed by atoms with E-state index in [0.29, 0.717) is 5.92 Å². The van der Waals surface area contributed by atoms with Crippen molar-refractivity contribution in [1.82, 2.24) is 0 Å². The van der Waals surface area contributed by atoms with E-state index in [1.807, 2.05) is 19.1 Å². The maximum atomic E-state index is 6.16. The number of aryl methyl sites for hydroxylation is 1. The quantitative estimate of drug-likeness (QED) is 0.840. The first-order valence-electron chi connectivity index (χ1n) is 7.14. The molecule has 0 radical (unpaired) electrons. The van der Waals surface area contributed by atoms with Gasteiger partial charge >= 0.3 is 0 Å². The number of furan rings is 1. The van der Waals surface area contributed by atoms with Gasteiger partial charge in [0.25, 0.3) is 0 Å². The minimum absolute atomic E-state index is 0.0111. The van der Waals surface area contributed by atoms with Crippen molar-refractivity contribution in [1.29, 1.82) is 0 Å². The molecule has 3 nitrogen and oxygen atoms in total. The van der Waals surface area contributed by atoms with Crippen molar-refractivity contribution in [2.75, 3.05) is 6.61 Å². The number of nitrogens with two attached hydrogens (primary N) is 1. The van der Waals surface area contributed by atoms with Crippen LogP contribution < -0.4 is 5.73 Å². The van der Waals surface area contributed by atoms with Gasteiger partial charge in [-0.2, -0.15) is 0 Å². The van der Waals surface area contributed by atoms with Gasteiger partial charge in [0, 0.05) is 6.04 Å². The molecular formula is C15H25NO2. The van der Waals surface area contributed by atoms with Gasteiger partial charge in [0.2, 0.25) is 0 Å². The van der Waals surface area contributed by atoms with Crippen LogP contribution in [0.1, 0.15) is 56.7 Å². The van der Waals surface area contributed by atoms with Gasteiger partial charge in [-0.25, -0.2) is 0 Å². The zero-order valence-electron chi connectivity index (χ0n) is 11.5. The van der Waals surface area contributed by atoms with E-state index < -0.39 is 0 Å². The van der Waals surface area contributed by atoms with Crippen molar-refractivity contribution in [3.63, 3.8) is 0 Å². The first-order chi connectivity index (χ1) is 8.70. The van der Waals surface area contributed by atoms with E-state index in [1.165, 1.54) is 25.7 Å². The smallest absolute Gasteiger partial charge is 0.134 e. The molecule has 2 rings (SSSR count). The highest BCUT2D eigenvalue weighted by Gasteiger charge is 2.24. The molecule has 1 fully saturated rings. The molecule has 1 aromatic heterocycles. The second-order valence-electron chi connectivity index (χ2n) is 5.42. The van der Waals surface area contributed by atoms with Crippen LogP contribution in [-0.2, 0) is 4.74 Å². The van der Waals surface area contributed by atoms with Crippen LogP contribution in [-0.4, -0.2) is 12.6 Å². The third kappa shape index (κ3) is 3.36. The predicted octanol–water partition coefficient (Wildman–Crippen LogP) is 3.57. The molecule has 2 unspecified atom stereocenters. The summed E-state index contributed by atoms with van der Waals surface area (Å²) in [6.07, 6.45) is 6.09. The third-order valence-corrected chi connectivity index (χ3v) is 3.89. The minimum atomic E-state index is -0.0932. The Kier molecular flexibility index (Phi) is 4.84. The van der Waals surface area contributed by atoms with E-state index in [-0.39, 0.29) is 12.1 Å². The lowest BCUT2D eigenvalue weighted by Gasteiger charge is -2.23. The summed E-state index contributed by atoms with van der Waals surface area (Å²) in [7, 11) is 0. The van der Waals surface area contributed by atoms with Crippen LogP contribution in [0.4, 0.5) is 0 Å². The SMILES string of the molecule is CCC(N)C(OCC1CCCC1)c1ccc(C)o1. The Balaban J connectivity index is 1.96. The number of hydrogen-bond acceptors (Lipinski definition) is 3. The fraction of sp³-hybridized carbons (Fsp3) is 0.733. The highest BCUT2D eigenvalue weighted by Crippen LogP contribution is 2.29.